The molecule has 0 N–H and O–H groups in total. The van der Waals surface area contributed by atoms with E-state index in [0.717, 1.165) is 36.4 Å². The molecule has 0 radical (unpaired) electrons. The number of benzene rings is 2. The van der Waals surface area contributed by atoms with Crippen molar-refractivity contribution in [2.45, 2.75) is 0 Å². The Bertz CT molecular complexity index is 674. The normalized spacial score (nSPS) is 10.2. The first-order chi connectivity index (χ1) is 9.88. The lowest BCUT2D eigenvalue weighted by Gasteiger charge is -2.07. The first kappa shape index (κ1) is 14.3. The molecule has 108 valence electrons. The van der Waals surface area contributed by atoms with Gasteiger partial charge in [0.2, 0.25) is 0 Å². The van der Waals surface area contributed by atoms with Crippen LogP contribution in [-0.2, 0) is 0 Å². The third-order valence-electron chi connectivity index (χ3n) is 2.47. The molecule has 2 rings (SSSR count). The summed E-state index contributed by atoms with van der Waals surface area (Å²) in [5.41, 5.74) is -0.922. The van der Waals surface area contributed by atoms with E-state index in [2.05, 4.69) is 0 Å². The van der Waals surface area contributed by atoms with Crippen LogP contribution >= 0.6 is 0 Å². The van der Waals surface area contributed by atoms with Crippen molar-refractivity contribution in [3.63, 3.8) is 0 Å². The van der Waals surface area contributed by atoms with Crippen LogP contribution in [0, 0.1) is 31.9 Å². The first-order valence-corrected chi connectivity index (χ1v) is 5.44. The van der Waals surface area contributed by atoms with Crippen molar-refractivity contribution in [1.29, 1.82) is 0 Å². The van der Waals surface area contributed by atoms with Crippen LogP contribution < -0.4 is 4.74 Å². The topological polar surface area (TPSA) is 95.5 Å². The van der Waals surface area contributed by atoms with E-state index < -0.39 is 44.4 Å². The van der Waals surface area contributed by atoms with Crippen LogP contribution in [0.1, 0.15) is 0 Å². The molecule has 0 fully saturated rings. The van der Waals surface area contributed by atoms with Crippen LogP contribution in [0.4, 0.5) is 20.2 Å². The van der Waals surface area contributed by atoms with Gasteiger partial charge in [0.15, 0.2) is 23.1 Å². The summed E-state index contributed by atoms with van der Waals surface area (Å²) in [5.74, 6) is -3.15. The van der Waals surface area contributed by atoms with Gasteiger partial charge >= 0.3 is 0 Å². The molecule has 0 heterocycles. The molecule has 0 aliphatic carbocycles. The van der Waals surface area contributed by atoms with Crippen LogP contribution in [0.15, 0.2) is 36.4 Å². The van der Waals surface area contributed by atoms with E-state index in [9.17, 15) is 29.0 Å². The van der Waals surface area contributed by atoms with Gasteiger partial charge in [0.25, 0.3) is 11.4 Å². The van der Waals surface area contributed by atoms with Crippen molar-refractivity contribution in [3.8, 4) is 11.5 Å². The van der Waals surface area contributed by atoms with Crippen molar-refractivity contribution in [2.75, 3.05) is 0 Å². The molecule has 0 bridgehead atoms. The molecule has 0 saturated carbocycles. The highest BCUT2D eigenvalue weighted by Crippen LogP contribution is 2.31. The summed E-state index contributed by atoms with van der Waals surface area (Å²) in [6.45, 7) is 0. The minimum atomic E-state index is -0.966. The molecule has 0 spiro atoms. The van der Waals surface area contributed by atoms with Gasteiger partial charge in [-0.3, -0.25) is 20.2 Å². The molecule has 0 aromatic heterocycles. The lowest BCUT2D eigenvalue weighted by atomic mass is 10.2. The van der Waals surface area contributed by atoms with Gasteiger partial charge < -0.3 is 4.74 Å². The molecule has 0 aliphatic heterocycles. The average Bonchev–Trinajstić information content (AvgIpc) is 2.43. The zero-order valence-corrected chi connectivity index (χ0v) is 10.2. The van der Waals surface area contributed by atoms with Crippen molar-refractivity contribution >= 4 is 11.4 Å². The molecule has 21 heavy (non-hydrogen) atoms. The quantitative estimate of drug-likeness (QED) is 0.634. The van der Waals surface area contributed by atoms with Gasteiger partial charge in [-0.15, -0.1) is 0 Å². The number of non-ortho nitro benzene ring substituents is 2. The zero-order valence-electron chi connectivity index (χ0n) is 10.2. The molecule has 0 saturated heterocycles. The summed E-state index contributed by atoms with van der Waals surface area (Å²) in [5, 5.41) is 21.2. The highest BCUT2D eigenvalue weighted by molar-refractivity contribution is 5.45. The fraction of sp³-hybridized carbons (Fsp3) is 0. The van der Waals surface area contributed by atoms with E-state index in [0.29, 0.717) is 0 Å². The van der Waals surface area contributed by atoms with E-state index in [1.165, 1.54) is 0 Å². The zero-order chi connectivity index (χ0) is 15.6. The first-order valence-electron chi connectivity index (χ1n) is 5.44. The molecular weight excluding hydrogens is 290 g/mol. The van der Waals surface area contributed by atoms with Crippen LogP contribution in [0.5, 0.6) is 11.5 Å². The highest BCUT2D eigenvalue weighted by atomic mass is 19.1. The van der Waals surface area contributed by atoms with Gasteiger partial charge in [0, 0.05) is 12.1 Å². The summed E-state index contributed by atoms with van der Waals surface area (Å²) in [6.07, 6.45) is 0. The third-order valence-corrected chi connectivity index (χ3v) is 2.47. The van der Waals surface area contributed by atoms with E-state index in [4.69, 9.17) is 4.74 Å². The van der Waals surface area contributed by atoms with Crippen LogP contribution in [0.25, 0.3) is 0 Å². The molecule has 7 nitrogen and oxygen atoms in total. The predicted molar refractivity (Wildman–Crippen MR) is 66.2 cm³/mol. The SMILES string of the molecule is O=[N+]([O-])c1ccc(F)c(Oc2cc([N+](=O)[O-])ccc2F)c1. The maximum Gasteiger partial charge on any atom is 0.273 e. The number of nitro benzene ring substituents is 2. The second-order valence-corrected chi connectivity index (χ2v) is 3.85. The van der Waals surface area contributed by atoms with E-state index in [-0.39, 0.29) is 0 Å². The Morgan fingerprint density at radius 1 is 0.810 bits per heavy atom. The Morgan fingerprint density at radius 2 is 1.19 bits per heavy atom. The van der Waals surface area contributed by atoms with Gasteiger partial charge in [-0.25, -0.2) is 8.78 Å². The van der Waals surface area contributed by atoms with E-state index >= 15 is 0 Å². The summed E-state index contributed by atoms with van der Waals surface area (Å²) < 4.78 is 31.9. The second-order valence-electron chi connectivity index (χ2n) is 3.85. The van der Waals surface area contributed by atoms with Crippen LogP contribution in [-0.4, -0.2) is 9.85 Å². The summed E-state index contributed by atoms with van der Waals surface area (Å²) in [7, 11) is 0. The smallest absolute Gasteiger partial charge is 0.273 e. The molecule has 9 heteroatoms. The monoisotopic (exact) mass is 296 g/mol. The van der Waals surface area contributed by atoms with Crippen LogP contribution in [0.2, 0.25) is 0 Å². The standard InChI is InChI=1S/C12H6F2N2O5/c13-9-3-1-7(15(17)18)5-11(9)21-12-6-8(16(19)20)2-4-10(12)14/h1-6H. The largest absolute Gasteiger partial charge is 0.451 e. The highest BCUT2D eigenvalue weighted by Gasteiger charge is 2.17. The lowest BCUT2D eigenvalue weighted by molar-refractivity contribution is -0.385. The molecule has 2 aromatic rings. The fourth-order valence-electron chi connectivity index (χ4n) is 1.49. The minimum absolute atomic E-state index is 0.461. The number of hydrogen-bond acceptors (Lipinski definition) is 5. The third kappa shape index (κ3) is 3.08. The van der Waals surface area contributed by atoms with E-state index in [1.54, 1.807) is 0 Å². The Labute approximate surface area is 115 Å². The Balaban J connectivity index is 2.42. The minimum Gasteiger partial charge on any atom is -0.451 e. The number of nitrogens with zero attached hydrogens (tertiary/aromatic N) is 2. The van der Waals surface area contributed by atoms with Crippen molar-refractivity contribution in [2.24, 2.45) is 0 Å². The fourth-order valence-corrected chi connectivity index (χ4v) is 1.49. The predicted octanol–water partition coefficient (Wildman–Crippen LogP) is 3.57. The molecule has 0 atom stereocenters. The van der Waals surface area contributed by atoms with Crippen LogP contribution in [0.3, 0.4) is 0 Å². The molecule has 0 unspecified atom stereocenters. The number of ether oxygens (including phenoxy) is 1. The molecule has 0 amide bonds. The summed E-state index contributed by atoms with van der Waals surface area (Å²) in [6, 6.07) is 4.89. The number of hydrogen-bond donors (Lipinski definition) is 0. The van der Waals surface area contributed by atoms with Gasteiger partial charge in [-0.05, 0) is 12.1 Å². The molecule has 2 aromatic carbocycles. The van der Waals surface area contributed by atoms with Crippen molar-refractivity contribution in [3.05, 3.63) is 68.3 Å². The Morgan fingerprint density at radius 3 is 1.52 bits per heavy atom. The Hall–Kier alpha value is -3.10. The molecule has 0 aliphatic rings. The number of rotatable bonds is 4. The average molecular weight is 296 g/mol. The van der Waals surface area contributed by atoms with Gasteiger partial charge in [0.1, 0.15) is 0 Å². The lowest BCUT2D eigenvalue weighted by Crippen LogP contribution is -1.95. The Kier molecular flexibility index (Phi) is 3.74. The molecular formula is C12H6F2N2O5. The van der Waals surface area contributed by atoms with Gasteiger partial charge in [-0.2, -0.15) is 0 Å². The summed E-state index contributed by atoms with van der Waals surface area (Å²) >= 11 is 0. The van der Waals surface area contributed by atoms with Gasteiger partial charge in [0.05, 0.1) is 22.0 Å². The van der Waals surface area contributed by atoms with Crippen molar-refractivity contribution in [1.82, 2.24) is 0 Å². The maximum absolute atomic E-state index is 13.5. The van der Waals surface area contributed by atoms with Gasteiger partial charge in [-0.1, -0.05) is 0 Å². The maximum atomic E-state index is 13.5. The van der Waals surface area contributed by atoms with Crippen molar-refractivity contribution < 1.29 is 23.4 Å². The van der Waals surface area contributed by atoms with E-state index in [1.807, 2.05) is 0 Å². The summed E-state index contributed by atoms with van der Waals surface area (Å²) in [4.78, 5) is 19.6. The number of halogens is 2. The second kappa shape index (κ2) is 5.49. The number of nitro groups is 2.